The Morgan fingerprint density at radius 1 is 1.00 bits per heavy atom. The molecular formula is C23H22BrNO2S. The van der Waals surface area contributed by atoms with Crippen molar-refractivity contribution in [2.75, 3.05) is 12.9 Å². The van der Waals surface area contributed by atoms with E-state index in [0.29, 0.717) is 12.3 Å². The summed E-state index contributed by atoms with van der Waals surface area (Å²) in [6, 6.07) is 20.8. The lowest BCUT2D eigenvalue weighted by atomic mass is 10.1. The van der Waals surface area contributed by atoms with Gasteiger partial charge in [0.25, 0.3) is 0 Å². The summed E-state index contributed by atoms with van der Waals surface area (Å²) >= 11 is 5.25. The molecule has 3 nitrogen and oxygen atoms in total. The van der Waals surface area contributed by atoms with E-state index in [-0.39, 0.29) is 0 Å². The highest BCUT2D eigenvalue weighted by atomic mass is 79.9. The van der Waals surface area contributed by atoms with E-state index in [0.717, 1.165) is 26.2 Å². The average molecular weight is 456 g/mol. The van der Waals surface area contributed by atoms with Gasteiger partial charge in [0.1, 0.15) is 5.75 Å². The highest BCUT2D eigenvalue weighted by Gasteiger charge is 2.14. The van der Waals surface area contributed by atoms with Gasteiger partial charge in [-0.25, -0.2) is 0 Å². The second-order valence-corrected chi connectivity index (χ2v) is 8.94. The van der Waals surface area contributed by atoms with Crippen LogP contribution in [0.1, 0.15) is 5.56 Å². The quantitative estimate of drug-likeness (QED) is 0.360. The minimum absolute atomic E-state index is 0.448. The second-order valence-electron chi connectivity index (χ2n) is 6.93. The predicted octanol–water partition coefficient (Wildman–Crippen LogP) is 6.03. The first-order valence-electron chi connectivity index (χ1n) is 9.18. The number of thioether (sulfide) groups is 1. The van der Waals surface area contributed by atoms with Crippen molar-refractivity contribution < 1.29 is 9.84 Å². The number of ether oxygens (including phenoxy) is 1. The number of aryl methyl sites for hydroxylation is 1. The molecule has 1 N–H and O–H groups in total. The fourth-order valence-corrected chi connectivity index (χ4v) is 4.69. The largest absolute Gasteiger partial charge is 0.497 e. The first kappa shape index (κ1) is 19.4. The Kier molecular flexibility index (Phi) is 5.67. The molecular weight excluding hydrogens is 434 g/mol. The van der Waals surface area contributed by atoms with E-state index >= 15 is 0 Å². The van der Waals surface area contributed by atoms with Crippen LogP contribution >= 0.6 is 27.7 Å². The molecule has 28 heavy (non-hydrogen) atoms. The normalized spacial score (nSPS) is 12.6. The van der Waals surface area contributed by atoms with E-state index in [2.05, 4.69) is 63.8 Å². The Balaban J connectivity index is 1.59. The van der Waals surface area contributed by atoms with Crippen molar-refractivity contribution in [1.82, 2.24) is 4.57 Å². The minimum atomic E-state index is -0.448. The molecule has 0 amide bonds. The zero-order chi connectivity index (χ0) is 19.7. The molecule has 0 fully saturated rings. The molecule has 0 saturated heterocycles. The van der Waals surface area contributed by atoms with Gasteiger partial charge in [0.05, 0.1) is 13.2 Å². The summed E-state index contributed by atoms with van der Waals surface area (Å²) in [5, 5.41) is 13.2. The fraction of sp³-hybridized carbons (Fsp3) is 0.217. The molecule has 1 aromatic heterocycles. The molecule has 4 rings (SSSR count). The average Bonchev–Trinajstić information content (AvgIpc) is 2.99. The van der Waals surface area contributed by atoms with Crippen LogP contribution in [0.25, 0.3) is 21.8 Å². The zero-order valence-electron chi connectivity index (χ0n) is 15.9. The number of rotatable bonds is 6. The summed E-state index contributed by atoms with van der Waals surface area (Å²) in [7, 11) is 1.66. The van der Waals surface area contributed by atoms with Gasteiger partial charge < -0.3 is 14.4 Å². The van der Waals surface area contributed by atoms with Gasteiger partial charge in [-0.05, 0) is 61.5 Å². The maximum Gasteiger partial charge on any atom is 0.118 e. The van der Waals surface area contributed by atoms with Crippen LogP contribution in [0.15, 0.2) is 70.0 Å². The van der Waals surface area contributed by atoms with Gasteiger partial charge in [-0.3, -0.25) is 0 Å². The lowest BCUT2D eigenvalue weighted by Gasteiger charge is -2.14. The van der Waals surface area contributed by atoms with Crippen molar-refractivity contribution in [2.24, 2.45) is 0 Å². The number of halogens is 1. The predicted molar refractivity (Wildman–Crippen MR) is 122 cm³/mol. The number of hydrogen-bond acceptors (Lipinski definition) is 3. The number of nitrogens with zero attached hydrogens (tertiary/aromatic N) is 1. The summed E-state index contributed by atoms with van der Waals surface area (Å²) in [4.78, 5) is 1.13. The smallest absolute Gasteiger partial charge is 0.118 e. The van der Waals surface area contributed by atoms with Crippen molar-refractivity contribution in [2.45, 2.75) is 24.5 Å². The van der Waals surface area contributed by atoms with E-state index in [9.17, 15) is 5.11 Å². The number of hydrogen-bond donors (Lipinski definition) is 1. The monoisotopic (exact) mass is 455 g/mol. The van der Waals surface area contributed by atoms with Crippen LogP contribution < -0.4 is 4.74 Å². The van der Waals surface area contributed by atoms with Crippen LogP contribution in [-0.4, -0.2) is 28.6 Å². The molecule has 4 aromatic rings. The number of methoxy groups -OCH3 is 1. The lowest BCUT2D eigenvalue weighted by Crippen LogP contribution is -2.18. The second kappa shape index (κ2) is 8.19. The maximum absolute atomic E-state index is 10.7. The SMILES string of the molecule is COc1ccc(SCC(O)Cn2c3ccc(C)cc3c3cc(Br)ccc32)cc1. The van der Waals surface area contributed by atoms with Gasteiger partial charge in [0.2, 0.25) is 0 Å². The highest BCUT2D eigenvalue weighted by molar-refractivity contribution is 9.10. The molecule has 0 saturated carbocycles. The van der Waals surface area contributed by atoms with E-state index in [1.54, 1.807) is 18.9 Å². The Hall–Kier alpha value is -1.95. The van der Waals surface area contributed by atoms with Crippen molar-refractivity contribution in [3.63, 3.8) is 0 Å². The minimum Gasteiger partial charge on any atom is -0.497 e. The van der Waals surface area contributed by atoms with E-state index in [1.807, 2.05) is 24.3 Å². The summed E-state index contributed by atoms with van der Waals surface area (Å²) in [5.74, 6) is 1.48. The van der Waals surface area contributed by atoms with E-state index in [4.69, 9.17) is 4.74 Å². The summed E-state index contributed by atoms with van der Waals surface area (Å²) < 4.78 is 8.50. The number of benzene rings is 3. The number of aliphatic hydroxyl groups excluding tert-OH is 1. The van der Waals surface area contributed by atoms with Gasteiger partial charge in [0, 0.05) is 43.5 Å². The third kappa shape index (κ3) is 3.93. The van der Waals surface area contributed by atoms with Crippen LogP contribution in [0.2, 0.25) is 0 Å². The van der Waals surface area contributed by atoms with Gasteiger partial charge in [-0.15, -0.1) is 11.8 Å². The molecule has 0 radical (unpaired) electrons. The van der Waals surface area contributed by atoms with Crippen LogP contribution in [0.4, 0.5) is 0 Å². The van der Waals surface area contributed by atoms with E-state index in [1.165, 1.54) is 16.3 Å². The summed E-state index contributed by atoms with van der Waals surface area (Å²) in [6.07, 6.45) is -0.448. The Morgan fingerprint density at radius 2 is 1.68 bits per heavy atom. The molecule has 0 aliphatic carbocycles. The lowest BCUT2D eigenvalue weighted by molar-refractivity contribution is 0.181. The van der Waals surface area contributed by atoms with Crippen molar-refractivity contribution in [3.05, 3.63) is 70.7 Å². The molecule has 0 aliphatic rings. The Labute approximate surface area is 177 Å². The summed E-state index contributed by atoms with van der Waals surface area (Å²) in [5.41, 5.74) is 3.55. The number of aromatic nitrogens is 1. The molecule has 5 heteroatoms. The zero-order valence-corrected chi connectivity index (χ0v) is 18.3. The van der Waals surface area contributed by atoms with Crippen LogP contribution in [0.3, 0.4) is 0 Å². The maximum atomic E-state index is 10.7. The Morgan fingerprint density at radius 3 is 2.39 bits per heavy atom. The highest BCUT2D eigenvalue weighted by Crippen LogP contribution is 2.32. The third-order valence-corrected chi connectivity index (χ3v) is 6.53. The molecule has 1 unspecified atom stereocenters. The van der Waals surface area contributed by atoms with Crippen molar-refractivity contribution in [3.8, 4) is 5.75 Å². The van der Waals surface area contributed by atoms with Gasteiger partial charge in [-0.1, -0.05) is 27.6 Å². The standard InChI is InChI=1S/C23H22BrNO2S/c1-15-3-9-22-20(11-15)21-12-16(24)4-10-23(21)25(22)13-17(26)14-28-19-7-5-18(27-2)6-8-19/h3-12,17,26H,13-14H2,1-2H3. The van der Waals surface area contributed by atoms with E-state index < -0.39 is 6.10 Å². The van der Waals surface area contributed by atoms with Crippen molar-refractivity contribution in [1.29, 1.82) is 0 Å². The van der Waals surface area contributed by atoms with Gasteiger partial charge >= 0.3 is 0 Å². The van der Waals surface area contributed by atoms with Gasteiger partial charge in [-0.2, -0.15) is 0 Å². The van der Waals surface area contributed by atoms with Crippen molar-refractivity contribution >= 4 is 49.5 Å². The van der Waals surface area contributed by atoms with Gasteiger partial charge in [0.15, 0.2) is 0 Å². The number of aliphatic hydroxyl groups is 1. The van der Waals surface area contributed by atoms with Crippen LogP contribution in [0, 0.1) is 6.92 Å². The molecule has 3 aromatic carbocycles. The van der Waals surface area contributed by atoms with Crippen LogP contribution in [0.5, 0.6) is 5.75 Å². The third-order valence-electron chi connectivity index (χ3n) is 4.88. The first-order chi connectivity index (χ1) is 13.5. The molecule has 1 heterocycles. The molecule has 0 aliphatic heterocycles. The first-order valence-corrected chi connectivity index (χ1v) is 11.0. The Bertz CT molecular complexity index is 1060. The molecule has 0 spiro atoms. The van der Waals surface area contributed by atoms with Crippen LogP contribution in [-0.2, 0) is 6.54 Å². The summed E-state index contributed by atoms with van der Waals surface area (Å²) in [6.45, 7) is 2.68. The fourth-order valence-electron chi connectivity index (χ4n) is 3.51. The topological polar surface area (TPSA) is 34.4 Å². The molecule has 144 valence electrons. The molecule has 1 atom stereocenters. The molecule has 0 bridgehead atoms. The number of fused-ring (bicyclic) bond motifs is 3.